The van der Waals surface area contributed by atoms with Crippen molar-refractivity contribution in [2.75, 3.05) is 34.3 Å². The van der Waals surface area contributed by atoms with E-state index in [9.17, 15) is 4.79 Å². The summed E-state index contributed by atoms with van der Waals surface area (Å²) in [5, 5.41) is 0.146. The van der Waals surface area contributed by atoms with Crippen LogP contribution in [0.3, 0.4) is 0 Å². The second-order valence-corrected chi connectivity index (χ2v) is 6.66. The number of likely N-dealkylation sites (N-methyl/N-ethyl adjacent to an activating group) is 1. The average molecular weight is 294 g/mol. The number of thioether (sulfide) groups is 1. The summed E-state index contributed by atoms with van der Waals surface area (Å²) < 4.78 is 5.19. The topological polar surface area (TPSA) is 32.8 Å². The molecule has 2 unspecified atom stereocenters. The van der Waals surface area contributed by atoms with E-state index in [-0.39, 0.29) is 16.5 Å². The van der Waals surface area contributed by atoms with E-state index in [1.54, 1.807) is 18.9 Å². The van der Waals surface area contributed by atoms with Gasteiger partial charge in [0.1, 0.15) is 11.1 Å². The van der Waals surface area contributed by atoms with E-state index in [0.717, 1.165) is 24.4 Å². The van der Waals surface area contributed by atoms with Crippen molar-refractivity contribution in [1.82, 2.24) is 9.80 Å². The molecule has 1 aromatic carbocycles. The average Bonchev–Trinajstić information content (AvgIpc) is 2.72. The molecule has 2 atom stereocenters. The lowest BCUT2D eigenvalue weighted by molar-refractivity contribution is -0.129. The smallest absolute Gasteiger partial charge is 0.236 e. The van der Waals surface area contributed by atoms with Crippen molar-refractivity contribution in [3.8, 4) is 5.75 Å². The third-order valence-electron chi connectivity index (χ3n) is 3.44. The molecule has 0 radical (unpaired) electrons. The fourth-order valence-corrected chi connectivity index (χ4v) is 3.55. The normalized spacial score (nSPS) is 22.6. The molecule has 1 amide bonds. The first-order valence-corrected chi connectivity index (χ1v) is 7.72. The van der Waals surface area contributed by atoms with Crippen LogP contribution in [-0.4, -0.2) is 55.3 Å². The SMILES string of the molecule is COc1ccc(C2SC(C)C(=O)N2CCN(C)C)cc1. The highest BCUT2D eigenvalue weighted by molar-refractivity contribution is 8.01. The van der Waals surface area contributed by atoms with Crippen LogP contribution in [0, 0.1) is 0 Å². The lowest BCUT2D eigenvalue weighted by atomic mass is 10.2. The van der Waals surface area contributed by atoms with Gasteiger partial charge in [0.25, 0.3) is 0 Å². The summed E-state index contributed by atoms with van der Waals surface area (Å²) in [6.07, 6.45) is 0. The number of methoxy groups -OCH3 is 1. The van der Waals surface area contributed by atoms with E-state index in [2.05, 4.69) is 4.90 Å². The van der Waals surface area contributed by atoms with Crippen LogP contribution in [-0.2, 0) is 4.79 Å². The van der Waals surface area contributed by atoms with Gasteiger partial charge < -0.3 is 14.5 Å². The van der Waals surface area contributed by atoms with E-state index in [1.807, 2.05) is 50.2 Å². The Kier molecular flexibility index (Phi) is 4.94. The number of hydrogen-bond acceptors (Lipinski definition) is 4. The van der Waals surface area contributed by atoms with E-state index >= 15 is 0 Å². The minimum Gasteiger partial charge on any atom is -0.497 e. The van der Waals surface area contributed by atoms with Crippen molar-refractivity contribution >= 4 is 17.7 Å². The zero-order chi connectivity index (χ0) is 14.7. The summed E-state index contributed by atoms with van der Waals surface area (Å²) in [6.45, 7) is 3.63. The lowest BCUT2D eigenvalue weighted by Gasteiger charge is -2.25. The highest BCUT2D eigenvalue weighted by atomic mass is 32.2. The molecular weight excluding hydrogens is 272 g/mol. The number of rotatable bonds is 5. The molecule has 4 nitrogen and oxygen atoms in total. The van der Waals surface area contributed by atoms with Gasteiger partial charge >= 0.3 is 0 Å². The second-order valence-electron chi connectivity index (χ2n) is 5.24. The maximum absolute atomic E-state index is 12.3. The third-order valence-corrected chi connectivity index (χ3v) is 4.83. The molecule has 1 aliphatic rings. The van der Waals surface area contributed by atoms with Crippen LogP contribution >= 0.6 is 11.8 Å². The van der Waals surface area contributed by atoms with Crippen LogP contribution in [0.5, 0.6) is 5.75 Å². The summed E-state index contributed by atoms with van der Waals surface area (Å²) in [4.78, 5) is 16.4. The maximum atomic E-state index is 12.3. The summed E-state index contributed by atoms with van der Waals surface area (Å²) in [6, 6.07) is 8.00. The molecular formula is C15H22N2O2S. The Morgan fingerprint density at radius 2 is 1.95 bits per heavy atom. The van der Waals surface area contributed by atoms with E-state index in [1.165, 1.54) is 0 Å². The van der Waals surface area contributed by atoms with E-state index in [4.69, 9.17) is 4.74 Å². The van der Waals surface area contributed by atoms with Crippen LogP contribution in [0.25, 0.3) is 0 Å². The van der Waals surface area contributed by atoms with Crippen molar-refractivity contribution in [2.45, 2.75) is 17.5 Å². The predicted molar refractivity (Wildman–Crippen MR) is 83.1 cm³/mol. The molecule has 1 heterocycles. The van der Waals surface area contributed by atoms with Gasteiger partial charge in [0, 0.05) is 13.1 Å². The van der Waals surface area contributed by atoms with E-state index < -0.39 is 0 Å². The summed E-state index contributed by atoms with van der Waals surface area (Å²) in [7, 11) is 5.72. The Hall–Kier alpha value is -1.20. The molecule has 110 valence electrons. The fourth-order valence-electron chi connectivity index (χ4n) is 2.24. The van der Waals surface area contributed by atoms with Gasteiger partial charge in [-0.25, -0.2) is 0 Å². The van der Waals surface area contributed by atoms with Crippen molar-refractivity contribution < 1.29 is 9.53 Å². The molecule has 0 N–H and O–H groups in total. The first-order chi connectivity index (χ1) is 9.52. The van der Waals surface area contributed by atoms with Crippen molar-refractivity contribution in [3.63, 3.8) is 0 Å². The minimum atomic E-state index is 0.0317. The predicted octanol–water partition coefficient (Wildman–Crippen LogP) is 2.22. The van der Waals surface area contributed by atoms with Gasteiger partial charge in [0.2, 0.25) is 5.91 Å². The van der Waals surface area contributed by atoms with Crippen molar-refractivity contribution in [2.24, 2.45) is 0 Å². The fraction of sp³-hybridized carbons (Fsp3) is 0.533. The Balaban J connectivity index is 2.16. The molecule has 0 saturated carbocycles. The van der Waals surface area contributed by atoms with Crippen LogP contribution in [0.1, 0.15) is 17.9 Å². The highest BCUT2D eigenvalue weighted by Crippen LogP contribution is 2.42. The second kappa shape index (κ2) is 6.50. The zero-order valence-electron chi connectivity index (χ0n) is 12.5. The molecule has 0 spiro atoms. The number of benzene rings is 1. The molecule has 1 fully saturated rings. The quantitative estimate of drug-likeness (QED) is 0.833. The Labute approximate surface area is 125 Å². The Morgan fingerprint density at radius 3 is 2.50 bits per heavy atom. The van der Waals surface area contributed by atoms with Gasteiger partial charge in [-0.1, -0.05) is 12.1 Å². The van der Waals surface area contributed by atoms with Crippen molar-refractivity contribution in [3.05, 3.63) is 29.8 Å². The molecule has 0 bridgehead atoms. The Morgan fingerprint density at radius 1 is 1.30 bits per heavy atom. The van der Waals surface area contributed by atoms with Gasteiger partial charge in [-0.2, -0.15) is 0 Å². The lowest BCUT2D eigenvalue weighted by Crippen LogP contribution is -2.36. The van der Waals surface area contributed by atoms with Crippen LogP contribution in [0.4, 0.5) is 0 Å². The molecule has 1 saturated heterocycles. The molecule has 0 aliphatic carbocycles. The summed E-state index contributed by atoms with van der Waals surface area (Å²) in [5.41, 5.74) is 1.16. The van der Waals surface area contributed by atoms with Gasteiger partial charge in [-0.3, -0.25) is 4.79 Å². The molecule has 2 rings (SSSR count). The number of carbonyl (C=O) groups is 1. The number of carbonyl (C=O) groups excluding carboxylic acids is 1. The maximum Gasteiger partial charge on any atom is 0.236 e. The molecule has 5 heteroatoms. The van der Waals surface area contributed by atoms with Crippen molar-refractivity contribution in [1.29, 1.82) is 0 Å². The third kappa shape index (κ3) is 3.27. The number of nitrogens with zero attached hydrogens (tertiary/aromatic N) is 2. The molecule has 20 heavy (non-hydrogen) atoms. The summed E-state index contributed by atoms with van der Waals surface area (Å²) in [5.74, 6) is 1.08. The molecule has 0 aromatic heterocycles. The van der Waals surface area contributed by atoms with Gasteiger partial charge in [0.05, 0.1) is 12.4 Å². The van der Waals surface area contributed by atoms with Crippen LogP contribution in [0.15, 0.2) is 24.3 Å². The van der Waals surface area contributed by atoms with Gasteiger partial charge in [-0.15, -0.1) is 11.8 Å². The summed E-state index contributed by atoms with van der Waals surface area (Å²) >= 11 is 1.72. The molecule has 1 aromatic rings. The zero-order valence-corrected chi connectivity index (χ0v) is 13.3. The largest absolute Gasteiger partial charge is 0.497 e. The van der Waals surface area contributed by atoms with Gasteiger partial charge in [-0.05, 0) is 38.7 Å². The molecule has 1 aliphatic heterocycles. The number of amides is 1. The monoisotopic (exact) mass is 294 g/mol. The van der Waals surface area contributed by atoms with Crippen LogP contribution < -0.4 is 4.74 Å². The number of ether oxygens (including phenoxy) is 1. The van der Waals surface area contributed by atoms with Crippen LogP contribution in [0.2, 0.25) is 0 Å². The van der Waals surface area contributed by atoms with Gasteiger partial charge in [0.15, 0.2) is 0 Å². The van der Waals surface area contributed by atoms with E-state index in [0.29, 0.717) is 0 Å². The number of hydrogen-bond donors (Lipinski definition) is 0. The standard InChI is InChI=1S/C15H22N2O2S/c1-11-14(18)17(10-9-16(2)3)15(20-11)12-5-7-13(19-4)8-6-12/h5-8,11,15H,9-10H2,1-4H3. The first-order valence-electron chi connectivity index (χ1n) is 6.77. The minimum absolute atomic E-state index is 0.0317. The first kappa shape index (κ1) is 15.2. The highest BCUT2D eigenvalue weighted by Gasteiger charge is 2.38. The Bertz CT molecular complexity index is 461.